The summed E-state index contributed by atoms with van der Waals surface area (Å²) in [6, 6.07) is 12.6. The van der Waals surface area contributed by atoms with Gasteiger partial charge >= 0.3 is 0 Å². The van der Waals surface area contributed by atoms with Gasteiger partial charge in [0.15, 0.2) is 12.9 Å². The number of benzene rings is 2. The van der Waals surface area contributed by atoms with E-state index in [0.29, 0.717) is 41.5 Å². The molecule has 6 nitrogen and oxygen atoms in total. The summed E-state index contributed by atoms with van der Waals surface area (Å²) in [5.74, 6) is 0.832. The second kappa shape index (κ2) is 8.77. The SMILES string of the molecule is COc1ccc(OCC(=O)N2CCN(c3cccc(Cl)c3)CC2)c(C=O)c1. The van der Waals surface area contributed by atoms with Crippen LogP contribution in [0.25, 0.3) is 0 Å². The molecule has 0 saturated carbocycles. The zero-order valence-corrected chi connectivity index (χ0v) is 15.8. The van der Waals surface area contributed by atoms with E-state index in [1.807, 2.05) is 24.3 Å². The quantitative estimate of drug-likeness (QED) is 0.712. The molecule has 142 valence electrons. The molecule has 27 heavy (non-hydrogen) atoms. The van der Waals surface area contributed by atoms with Crippen molar-refractivity contribution in [3.8, 4) is 11.5 Å². The molecule has 0 unspecified atom stereocenters. The van der Waals surface area contributed by atoms with Crippen molar-refractivity contribution in [2.45, 2.75) is 0 Å². The van der Waals surface area contributed by atoms with Crippen LogP contribution >= 0.6 is 11.6 Å². The van der Waals surface area contributed by atoms with Gasteiger partial charge in [0, 0.05) is 36.9 Å². The highest BCUT2D eigenvalue weighted by molar-refractivity contribution is 6.30. The maximum atomic E-state index is 12.4. The second-order valence-electron chi connectivity index (χ2n) is 6.16. The van der Waals surface area contributed by atoms with Crippen molar-refractivity contribution >= 4 is 29.5 Å². The first-order chi connectivity index (χ1) is 13.1. The number of anilines is 1. The number of halogens is 1. The molecule has 2 aromatic rings. The van der Waals surface area contributed by atoms with Crippen LogP contribution in [0.3, 0.4) is 0 Å². The molecule has 7 heteroatoms. The Hall–Kier alpha value is -2.73. The molecule has 1 amide bonds. The van der Waals surface area contributed by atoms with Gasteiger partial charge in [0.05, 0.1) is 12.7 Å². The van der Waals surface area contributed by atoms with E-state index in [9.17, 15) is 9.59 Å². The first-order valence-electron chi connectivity index (χ1n) is 8.65. The number of aldehydes is 1. The van der Waals surface area contributed by atoms with E-state index in [2.05, 4.69) is 4.90 Å². The lowest BCUT2D eigenvalue weighted by atomic mass is 10.2. The molecule has 1 heterocycles. The highest BCUT2D eigenvalue weighted by Crippen LogP contribution is 2.23. The number of carbonyl (C=O) groups is 2. The number of ether oxygens (including phenoxy) is 2. The van der Waals surface area contributed by atoms with Gasteiger partial charge in [-0.25, -0.2) is 0 Å². The zero-order chi connectivity index (χ0) is 19.2. The fraction of sp³-hybridized carbons (Fsp3) is 0.300. The minimum absolute atomic E-state index is 0.103. The smallest absolute Gasteiger partial charge is 0.260 e. The summed E-state index contributed by atoms with van der Waals surface area (Å²) in [6.07, 6.45) is 0.687. The Morgan fingerprint density at radius 3 is 2.59 bits per heavy atom. The fourth-order valence-corrected chi connectivity index (χ4v) is 3.18. The van der Waals surface area contributed by atoms with E-state index in [-0.39, 0.29) is 12.5 Å². The Labute approximate surface area is 163 Å². The third-order valence-electron chi connectivity index (χ3n) is 4.50. The third kappa shape index (κ3) is 4.71. The van der Waals surface area contributed by atoms with E-state index >= 15 is 0 Å². The predicted molar refractivity (Wildman–Crippen MR) is 104 cm³/mol. The number of hydrogen-bond acceptors (Lipinski definition) is 5. The van der Waals surface area contributed by atoms with E-state index in [0.717, 1.165) is 18.8 Å². The number of nitrogens with zero attached hydrogens (tertiary/aromatic N) is 2. The molecule has 0 spiro atoms. The zero-order valence-electron chi connectivity index (χ0n) is 15.1. The standard InChI is InChI=1S/C20H21ClN2O4/c1-26-18-5-6-19(15(11-18)13-24)27-14-20(25)23-9-7-22(8-10-23)17-4-2-3-16(21)12-17/h2-6,11-13H,7-10,14H2,1H3. The topological polar surface area (TPSA) is 59.1 Å². The van der Waals surface area contributed by atoms with Gasteiger partial charge in [-0.3, -0.25) is 9.59 Å². The van der Waals surface area contributed by atoms with Gasteiger partial charge in [-0.05, 0) is 36.4 Å². The van der Waals surface area contributed by atoms with Gasteiger partial charge in [0.1, 0.15) is 11.5 Å². The lowest BCUT2D eigenvalue weighted by molar-refractivity contribution is -0.133. The lowest BCUT2D eigenvalue weighted by Crippen LogP contribution is -2.50. The van der Waals surface area contributed by atoms with Gasteiger partial charge in [0.2, 0.25) is 0 Å². The van der Waals surface area contributed by atoms with Crippen LogP contribution in [0.2, 0.25) is 5.02 Å². The summed E-state index contributed by atoms with van der Waals surface area (Å²) in [6.45, 7) is 2.57. The van der Waals surface area contributed by atoms with Crippen LogP contribution in [0, 0.1) is 0 Å². The summed E-state index contributed by atoms with van der Waals surface area (Å²) in [7, 11) is 1.52. The number of rotatable bonds is 6. The molecule has 1 aliphatic heterocycles. The molecule has 1 aliphatic rings. The minimum Gasteiger partial charge on any atom is -0.497 e. The van der Waals surface area contributed by atoms with Gasteiger partial charge in [-0.2, -0.15) is 0 Å². The molecular weight excluding hydrogens is 368 g/mol. The summed E-state index contributed by atoms with van der Waals surface area (Å²) in [5, 5.41) is 0.699. The van der Waals surface area contributed by atoms with Crippen molar-refractivity contribution in [3.63, 3.8) is 0 Å². The monoisotopic (exact) mass is 388 g/mol. The van der Waals surface area contributed by atoms with Gasteiger partial charge < -0.3 is 19.3 Å². The average Bonchev–Trinajstić information content (AvgIpc) is 2.72. The van der Waals surface area contributed by atoms with Crippen LogP contribution in [0.15, 0.2) is 42.5 Å². The maximum Gasteiger partial charge on any atom is 0.260 e. The number of carbonyl (C=O) groups excluding carboxylic acids is 2. The highest BCUT2D eigenvalue weighted by Gasteiger charge is 2.22. The van der Waals surface area contributed by atoms with E-state index in [1.54, 1.807) is 23.1 Å². The number of hydrogen-bond donors (Lipinski definition) is 0. The van der Waals surface area contributed by atoms with Crippen molar-refractivity contribution in [3.05, 3.63) is 53.1 Å². The van der Waals surface area contributed by atoms with Crippen molar-refractivity contribution in [2.24, 2.45) is 0 Å². The van der Waals surface area contributed by atoms with Crippen LogP contribution in [-0.2, 0) is 4.79 Å². The Kier molecular flexibility index (Phi) is 6.19. The lowest BCUT2D eigenvalue weighted by Gasteiger charge is -2.36. The summed E-state index contributed by atoms with van der Waals surface area (Å²) < 4.78 is 10.6. The van der Waals surface area contributed by atoms with Gasteiger partial charge in [0.25, 0.3) is 5.91 Å². The number of methoxy groups -OCH3 is 1. The minimum atomic E-state index is -0.107. The van der Waals surface area contributed by atoms with Crippen LogP contribution in [-0.4, -0.2) is 57.0 Å². The first kappa shape index (κ1) is 19.0. The molecule has 0 atom stereocenters. The molecule has 0 N–H and O–H groups in total. The fourth-order valence-electron chi connectivity index (χ4n) is 2.99. The molecule has 1 saturated heterocycles. The Bertz CT molecular complexity index is 819. The molecule has 0 aromatic heterocycles. The van der Waals surface area contributed by atoms with Crippen molar-refractivity contribution < 1.29 is 19.1 Å². The maximum absolute atomic E-state index is 12.4. The predicted octanol–water partition coefficient (Wildman–Crippen LogP) is 2.89. The van der Waals surface area contributed by atoms with Crippen LogP contribution in [0.1, 0.15) is 10.4 Å². The molecule has 2 aromatic carbocycles. The van der Waals surface area contributed by atoms with E-state index in [4.69, 9.17) is 21.1 Å². The van der Waals surface area contributed by atoms with Gasteiger partial charge in [-0.1, -0.05) is 17.7 Å². The van der Waals surface area contributed by atoms with E-state index in [1.165, 1.54) is 7.11 Å². The number of amides is 1. The Morgan fingerprint density at radius 1 is 1.15 bits per heavy atom. The molecule has 1 fully saturated rings. The second-order valence-corrected chi connectivity index (χ2v) is 6.59. The van der Waals surface area contributed by atoms with Gasteiger partial charge in [-0.15, -0.1) is 0 Å². The molecule has 0 aliphatic carbocycles. The Morgan fingerprint density at radius 2 is 1.93 bits per heavy atom. The van der Waals surface area contributed by atoms with Crippen LogP contribution in [0.4, 0.5) is 5.69 Å². The third-order valence-corrected chi connectivity index (χ3v) is 4.74. The Balaban J connectivity index is 1.53. The van der Waals surface area contributed by atoms with Crippen molar-refractivity contribution in [1.29, 1.82) is 0 Å². The molecule has 3 rings (SSSR count). The molecule has 0 radical (unpaired) electrons. The van der Waals surface area contributed by atoms with Crippen LogP contribution < -0.4 is 14.4 Å². The molecule has 0 bridgehead atoms. The summed E-state index contributed by atoms with van der Waals surface area (Å²) >= 11 is 6.05. The average molecular weight is 389 g/mol. The number of piperazine rings is 1. The van der Waals surface area contributed by atoms with Crippen molar-refractivity contribution in [1.82, 2.24) is 4.90 Å². The summed E-state index contributed by atoms with van der Waals surface area (Å²) in [5.41, 5.74) is 1.41. The highest BCUT2D eigenvalue weighted by atomic mass is 35.5. The normalized spacial score (nSPS) is 14.0. The summed E-state index contributed by atoms with van der Waals surface area (Å²) in [4.78, 5) is 27.6. The largest absolute Gasteiger partial charge is 0.497 e. The first-order valence-corrected chi connectivity index (χ1v) is 9.03. The van der Waals surface area contributed by atoms with Crippen molar-refractivity contribution in [2.75, 3.05) is 44.8 Å². The van der Waals surface area contributed by atoms with Crippen LogP contribution in [0.5, 0.6) is 11.5 Å². The van der Waals surface area contributed by atoms with E-state index < -0.39 is 0 Å². The molecular formula is C20H21ClN2O4.